The highest BCUT2D eigenvalue weighted by molar-refractivity contribution is 5.76. The van der Waals surface area contributed by atoms with E-state index in [1.807, 2.05) is 6.07 Å². The van der Waals surface area contributed by atoms with E-state index in [4.69, 9.17) is 9.47 Å². The summed E-state index contributed by atoms with van der Waals surface area (Å²) in [6.45, 7) is 1.38. The van der Waals surface area contributed by atoms with E-state index < -0.39 is 29.8 Å². The lowest BCUT2D eigenvalue weighted by Crippen LogP contribution is -2.32. The third-order valence-corrected chi connectivity index (χ3v) is 3.87. The number of carbonyl (C=O) groups is 1. The van der Waals surface area contributed by atoms with Crippen LogP contribution in [0, 0.1) is 5.92 Å². The predicted molar refractivity (Wildman–Crippen MR) is 102 cm³/mol. The van der Waals surface area contributed by atoms with Crippen molar-refractivity contribution in [2.45, 2.75) is 19.6 Å². The van der Waals surface area contributed by atoms with Crippen molar-refractivity contribution in [1.82, 2.24) is 0 Å². The molecule has 0 aliphatic carbocycles. The third kappa shape index (κ3) is 6.32. The molecule has 0 radical (unpaired) electrons. The van der Waals surface area contributed by atoms with Crippen molar-refractivity contribution in [2.24, 2.45) is 5.92 Å². The van der Waals surface area contributed by atoms with E-state index in [9.17, 15) is 18.7 Å². The Bertz CT molecular complexity index is 800. The maximum absolute atomic E-state index is 13.6. The van der Waals surface area contributed by atoms with Gasteiger partial charge in [0.2, 0.25) is 0 Å². The molecule has 2 aromatic carbocycles. The average Bonchev–Trinajstić information content (AvgIpc) is 2.70. The molecular weight excluding hydrogens is 366 g/mol. The summed E-state index contributed by atoms with van der Waals surface area (Å²) < 4.78 is 37.3. The summed E-state index contributed by atoms with van der Waals surface area (Å²) >= 11 is 0. The van der Waals surface area contributed by atoms with Crippen LogP contribution in [0.1, 0.15) is 18.1 Å². The molecule has 0 aromatic heterocycles. The SMILES string of the molecule is CCOC(=O)[C@H](C(OCc1ccccc1)=C(F)F)[C@H](O)/C=C/c1ccccc1. The Labute approximate surface area is 162 Å². The number of esters is 1. The normalized spacial score (nSPS) is 13.0. The van der Waals surface area contributed by atoms with Gasteiger partial charge in [-0.05, 0) is 18.1 Å². The Morgan fingerprint density at radius 1 is 1.04 bits per heavy atom. The van der Waals surface area contributed by atoms with Crippen LogP contribution in [0.2, 0.25) is 0 Å². The Morgan fingerprint density at radius 3 is 2.21 bits per heavy atom. The molecule has 28 heavy (non-hydrogen) atoms. The molecule has 0 saturated heterocycles. The monoisotopic (exact) mass is 388 g/mol. The lowest BCUT2D eigenvalue weighted by atomic mass is 9.99. The molecule has 0 amide bonds. The van der Waals surface area contributed by atoms with Crippen LogP contribution in [0.15, 0.2) is 78.6 Å². The van der Waals surface area contributed by atoms with E-state index in [2.05, 4.69) is 0 Å². The Morgan fingerprint density at radius 2 is 1.64 bits per heavy atom. The van der Waals surface area contributed by atoms with Gasteiger partial charge >= 0.3 is 12.0 Å². The van der Waals surface area contributed by atoms with Crippen LogP contribution in [0.4, 0.5) is 8.78 Å². The molecule has 4 nitrogen and oxygen atoms in total. The van der Waals surface area contributed by atoms with E-state index >= 15 is 0 Å². The Hall–Kier alpha value is -2.99. The van der Waals surface area contributed by atoms with Gasteiger partial charge in [-0.15, -0.1) is 0 Å². The first-order chi connectivity index (χ1) is 13.5. The number of aliphatic hydroxyl groups excluding tert-OH is 1. The van der Waals surface area contributed by atoms with Crippen LogP contribution in [0.25, 0.3) is 6.08 Å². The maximum atomic E-state index is 13.6. The van der Waals surface area contributed by atoms with Crippen molar-refractivity contribution in [3.8, 4) is 0 Å². The number of aliphatic hydroxyl groups is 1. The van der Waals surface area contributed by atoms with Gasteiger partial charge in [-0.2, -0.15) is 8.78 Å². The third-order valence-electron chi connectivity index (χ3n) is 3.87. The second-order valence-corrected chi connectivity index (χ2v) is 5.89. The molecule has 0 aliphatic rings. The number of rotatable bonds is 9. The molecule has 0 aliphatic heterocycles. The fraction of sp³-hybridized carbons (Fsp3) is 0.227. The standard InChI is InChI=1S/C22H22F2O4/c1-2-27-22(26)19(18(25)14-13-16-9-5-3-6-10-16)20(21(23)24)28-15-17-11-7-4-8-12-17/h3-14,18-19,25H,2,15H2,1H3/b14-13+/t18-,19+/m1/s1. The topological polar surface area (TPSA) is 55.8 Å². The molecule has 0 heterocycles. The number of hydrogen-bond acceptors (Lipinski definition) is 4. The Kier molecular flexibility index (Phi) is 8.37. The van der Waals surface area contributed by atoms with Crippen LogP contribution >= 0.6 is 0 Å². The fourth-order valence-corrected chi connectivity index (χ4v) is 2.52. The number of ether oxygens (including phenoxy) is 2. The molecule has 148 valence electrons. The van der Waals surface area contributed by atoms with Gasteiger partial charge in [-0.25, -0.2) is 0 Å². The van der Waals surface area contributed by atoms with E-state index in [0.29, 0.717) is 5.56 Å². The fourth-order valence-electron chi connectivity index (χ4n) is 2.52. The van der Waals surface area contributed by atoms with Gasteiger partial charge in [-0.3, -0.25) is 4.79 Å². The van der Waals surface area contributed by atoms with Gasteiger partial charge in [0, 0.05) is 0 Å². The zero-order valence-electron chi connectivity index (χ0n) is 15.4. The van der Waals surface area contributed by atoms with Crippen molar-refractivity contribution in [3.05, 3.63) is 89.7 Å². The van der Waals surface area contributed by atoms with E-state index in [1.165, 1.54) is 6.08 Å². The molecule has 0 unspecified atom stereocenters. The summed E-state index contributed by atoms with van der Waals surface area (Å²) in [5.74, 6) is -3.55. The first-order valence-corrected chi connectivity index (χ1v) is 8.82. The minimum atomic E-state index is -2.18. The van der Waals surface area contributed by atoms with Gasteiger partial charge in [0.25, 0.3) is 0 Å². The van der Waals surface area contributed by atoms with Crippen molar-refractivity contribution < 1.29 is 28.2 Å². The molecule has 2 atom stereocenters. The predicted octanol–water partition coefficient (Wildman–Crippen LogP) is 4.56. The van der Waals surface area contributed by atoms with E-state index in [0.717, 1.165) is 5.56 Å². The highest BCUT2D eigenvalue weighted by atomic mass is 19.3. The van der Waals surface area contributed by atoms with Crippen molar-refractivity contribution in [3.63, 3.8) is 0 Å². The first kappa shape index (κ1) is 21.3. The summed E-state index contributed by atoms with van der Waals surface area (Å²) in [6.07, 6.45) is -0.916. The van der Waals surface area contributed by atoms with Crippen molar-refractivity contribution >= 4 is 12.0 Å². The molecule has 2 rings (SSSR count). The summed E-state index contributed by atoms with van der Waals surface area (Å²) in [7, 11) is 0. The van der Waals surface area contributed by atoms with Crippen LogP contribution in [0.3, 0.4) is 0 Å². The molecule has 0 bridgehead atoms. The van der Waals surface area contributed by atoms with Crippen LogP contribution in [-0.2, 0) is 20.9 Å². The summed E-state index contributed by atoms with van der Waals surface area (Å²) in [5, 5.41) is 10.4. The Balaban J connectivity index is 2.24. The summed E-state index contributed by atoms with van der Waals surface area (Å²) in [6, 6.07) is 17.7. The number of carbonyl (C=O) groups excluding carboxylic acids is 1. The molecule has 0 spiro atoms. The minimum absolute atomic E-state index is 0.00960. The number of benzene rings is 2. The minimum Gasteiger partial charge on any atom is -0.487 e. The lowest BCUT2D eigenvalue weighted by molar-refractivity contribution is -0.151. The number of halogens is 2. The molecule has 0 saturated carbocycles. The van der Waals surface area contributed by atoms with Gasteiger partial charge in [0.05, 0.1) is 12.7 Å². The van der Waals surface area contributed by atoms with Crippen LogP contribution < -0.4 is 0 Å². The second kappa shape index (κ2) is 11.0. The molecule has 2 aromatic rings. The quantitative estimate of drug-likeness (QED) is 0.505. The van der Waals surface area contributed by atoms with Crippen LogP contribution in [-0.4, -0.2) is 23.8 Å². The van der Waals surface area contributed by atoms with Crippen molar-refractivity contribution in [2.75, 3.05) is 6.61 Å². The zero-order valence-corrected chi connectivity index (χ0v) is 15.4. The van der Waals surface area contributed by atoms with Gasteiger partial charge < -0.3 is 14.6 Å². The summed E-state index contributed by atoms with van der Waals surface area (Å²) in [5.41, 5.74) is 1.40. The first-order valence-electron chi connectivity index (χ1n) is 8.82. The largest absolute Gasteiger partial charge is 0.487 e. The lowest BCUT2D eigenvalue weighted by Gasteiger charge is -2.21. The van der Waals surface area contributed by atoms with Crippen LogP contribution in [0.5, 0.6) is 0 Å². The highest BCUT2D eigenvalue weighted by Gasteiger charge is 2.35. The van der Waals surface area contributed by atoms with Gasteiger partial charge in [0.15, 0.2) is 5.76 Å². The zero-order chi connectivity index (χ0) is 20.4. The number of hydrogen-bond donors (Lipinski definition) is 1. The van der Waals surface area contributed by atoms with E-state index in [1.54, 1.807) is 67.6 Å². The highest BCUT2D eigenvalue weighted by Crippen LogP contribution is 2.26. The second-order valence-electron chi connectivity index (χ2n) is 5.89. The smallest absolute Gasteiger partial charge is 0.319 e. The molecular formula is C22H22F2O4. The molecule has 1 N–H and O–H groups in total. The van der Waals surface area contributed by atoms with Gasteiger partial charge in [-0.1, -0.05) is 72.8 Å². The van der Waals surface area contributed by atoms with E-state index in [-0.39, 0.29) is 13.2 Å². The summed E-state index contributed by atoms with van der Waals surface area (Å²) in [4.78, 5) is 12.3. The average molecular weight is 388 g/mol. The van der Waals surface area contributed by atoms with Crippen molar-refractivity contribution in [1.29, 1.82) is 0 Å². The van der Waals surface area contributed by atoms with Gasteiger partial charge in [0.1, 0.15) is 12.5 Å². The molecule has 6 heteroatoms. The maximum Gasteiger partial charge on any atom is 0.319 e. The molecule has 0 fully saturated rings.